The van der Waals surface area contributed by atoms with Crippen molar-refractivity contribution in [2.24, 2.45) is 0 Å². The van der Waals surface area contributed by atoms with Gasteiger partial charge < -0.3 is 4.74 Å². The average Bonchev–Trinajstić information content (AvgIpc) is 2.13. The minimum absolute atomic E-state index is 0.355. The lowest BCUT2D eigenvalue weighted by Crippen LogP contribution is -2.08. The van der Waals surface area contributed by atoms with Crippen LogP contribution in [0.2, 0.25) is 0 Å². The maximum absolute atomic E-state index is 5.19. The molecule has 0 amide bonds. The first-order valence-electron chi connectivity index (χ1n) is 4.68. The number of rotatable bonds is 0. The Morgan fingerprint density at radius 1 is 1.18 bits per heavy atom. The fourth-order valence-electron chi connectivity index (χ4n) is 0.665. The van der Waals surface area contributed by atoms with Gasteiger partial charge in [0.2, 0.25) is 0 Å². The van der Waals surface area contributed by atoms with Gasteiger partial charge in [-0.3, -0.25) is 0 Å². The summed E-state index contributed by atoms with van der Waals surface area (Å²) in [6, 6.07) is 0. The summed E-state index contributed by atoms with van der Waals surface area (Å²) in [4.78, 5) is 0. The van der Waals surface area contributed by atoms with Crippen LogP contribution in [-0.4, -0.2) is 12.7 Å². The quantitative estimate of drug-likeness (QED) is 0.491. The van der Waals surface area contributed by atoms with Crippen LogP contribution in [0.1, 0.15) is 41.0 Å². The lowest BCUT2D eigenvalue weighted by atomic mass is 10.3. The zero-order valence-corrected chi connectivity index (χ0v) is 8.55. The van der Waals surface area contributed by atoms with Crippen molar-refractivity contribution in [3.63, 3.8) is 0 Å². The molecule has 0 saturated carbocycles. The summed E-state index contributed by atoms with van der Waals surface area (Å²) in [6.45, 7) is 11.0. The normalized spacial score (nSPS) is 20.6. The van der Waals surface area contributed by atoms with Gasteiger partial charge in [-0.2, -0.15) is 0 Å². The Bertz CT molecular complexity index is 76.9. The van der Waals surface area contributed by atoms with E-state index in [-0.39, 0.29) is 0 Å². The van der Waals surface area contributed by atoms with Crippen LogP contribution < -0.4 is 0 Å². The predicted octanol–water partition coefficient (Wildman–Crippen LogP) is 3.40. The Labute approximate surface area is 71.5 Å². The summed E-state index contributed by atoms with van der Waals surface area (Å²) >= 11 is 0. The summed E-state index contributed by atoms with van der Waals surface area (Å²) in [5.41, 5.74) is 0. The fraction of sp³-hybridized carbons (Fsp3) is 0.800. The molecule has 0 N–H and O–H groups in total. The average molecular weight is 158 g/mol. The molecule has 1 heteroatoms. The van der Waals surface area contributed by atoms with Gasteiger partial charge in [0.05, 0.1) is 12.7 Å². The highest BCUT2D eigenvalue weighted by atomic mass is 16.5. The lowest BCUT2D eigenvalue weighted by molar-refractivity contribution is 0.0925. The van der Waals surface area contributed by atoms with Crippen molar-refractivity contribution in [2.45, 2.75) is 47.1 Å². The Morgan fingerprint density at radius 3 is 1.91 bits per heavy atom. The predicted molar refractivity (Wildman–Crippen MR) is 51.9 cm³/mol. The van der Waals surface area contributed by atoms with Gasteiger partial charge in [-0.25, -0.2) is 0 Å². The Balaban J connectivity index is 0. The number of ether oxygens (including phenoxy) is 1. The van der Waals surface area contributed by atoms with Crippen molar-refractivity contribution < 1.29 is 4.74 Å². The van der Waals surface area contributed by atoms with E-state index < -0.39 is 0 Å². The maximum atomic E-state index is 5.19. The Hall–Kier alpha value is -0.300. The SMILES string of the molecule is CC.CC.CC1C=CCCO1. The van der Waals surface area contributed by atoms with Gasteiger partial charge in [0, 0.05) is 0 Å². The van der Waals surface area contributed by atoms with Gasteiger partial charge in [-0.05, 0) is 13.3 Å². The third-order valence-electron chi connectivity index (χ3n) is 1.07. The molecule has 1 atom stereocenters. The second-order valence-electron chi connectivity index (χ2n) is 1.79. The van der Waals surface area contributed by atoms with Gasteiger partial charge in [0.15, 0.2) is 0 Å². The van der Waals surface area contributed by atoms with E-state index in [1.165, 1.54) is 0 Å². The molecule has 11 heavy (non-hydrogen) atoms. The van der Waals surface area contributed by atoms with Crippen molar-refractivity contribution in [2.75, 3.05) is 6.61 Å². The molecule has 0 aromatic carbocycles. The monoisotopic (exact) mass is 158 g/mol. The molecule has 0 saturated heterocycles. The molecule has 1 aliphatic heterocycles. The highest BCUT2D eigenvalue weighted by molar-refractivity contribution is 4.90. The Morgan fingerprint density at radius 2 is 1.73 bits per heavy atom. The molecule has 1 aliphatic rings. The topological polar surface area (TPSA) is 9.23 Å². The van der Waals surface area contributed by atoms with Crippen LogP contribution in [0.4, 0.5) is 0 Å². The summed E-state index contributed by atoms with van der Waals surface area (Å²) in [5, 5.41) is 0. The van der Waals surface area contributed by atoms with Gasteiger partial charge in [0.25, 0.3) is 0 Å². The fourth-order valence-corrected chi connectivity index (χ4v) is 0.665. The van der Waals surface area contributed by atoms with Crippen molar-refractivity contribution in [3.8, 4) is 0 Å². The third kappa shape index (κ3) is 9.70. The largest absolute Gasteiger partial charge is 0.374 e. The maximum Gasteiger partial charge on any atom is 0.0727 e. The van der Waals surface area contributed by atoms with E-state index in [4.69, 9.17) is 4.74 Å². The number of hydrogen-bond donors (Lipinski definition) is 0. The second kappa shape index (κ2) is 12.4. The van der Waals surface area contributed by atoms with Crippen molar-refractivity contribution in [3.05, 3.63) is 12.2 Å². The van der Waals surface area contributed by atoms with Crippen LogP contribution in [0.3, 0.4) is 0 Å². The minimum atomic E-state index is 0.355. The van der Waals surface area contributed by atoms with E-state index in [0.29, 0.717) is 6.10 Å². The molecular formula is C10H22O. The first-order chi connectivity index (χ1) is 5.39. The summed E-state index contributed by atoms with van der Waals surface area (Å²) < 4.78 is 5.19. The molecule has 0 spiro atoms. The van der Waals surface area contributed by atoms with Crippen LogP contribution in [0.25, 0.3) is 0 Å². The van der Waals surface area contributed by atoms with Crippen LogP contribution in [0, 0.1) is 0 Å². The van der Waals surface area contributed by atoms with E-state index >= 15 is 0 Å². The van der Waals surface area contributed by atoms with Gasteiger partial charge in [-0.15, -0.1) is 0 Å². The first-order valence-corrected chi connectivity index (χ1v) is 4.68. The third-order valence-corrected chi connectivity index (χ3v) is 1.07. The minimum Gasteiger partial charge on any atom is -0.374 e. The molecule has 0 bridgehead atoms. The zero-order chi connectivity index (χ0) is 9.11. The molecule has 0 radical (unpaired) electrons. The van der Waals surface area contributed by atoms with Gasteiger partial charge >= 0.3 is 0 Å². The summed E-state index contributed by atoms with van der Waals surface area (Å²) in [7, 11) is 0. The zero-order valence-electron chi connectivity index (χ0n) is 8.55. The summed E-state index contributed by atoms with van der Waals surface area (Å²) in [6.07, 6.45) is 5.69. The molecular weight excluding hydrogens is 136 g/mol. The lowest BCUT2D eigenvalue weighted by Gasteiger charge is -2.10. The van der Waals surface area contributed by atoms with E-state index in [1.54, 1.807) is 0 Å². The van der Waals surface area contributed by atoms with Crippen LogP contribution in [-0.2, 0) is 4.74 Å². The Kier molecular flexibility index (Phi) is 15.0. The van der Waals surface area contributed by atoms with E-state index in [0.717, 1.165) is 13.0 Å². The highest BCUT2D eigenvalue weighted by Gasteiger charge is 1.98. The highest BCUT2D eigenvalue weighted by Crippen LogP contribution is 2.01. The standard InChI is InChI=1S/C6H10O.2C2H6/c1-6-4-2-3-5-7-6;2*1-2/h2,4,6H,3,5H2,1H3;2*1-2H3. The van der Waals surface area contributed by atoms with Crippen molar-refractivity contribution >= 4 is 0 Å². The van der Waals surface area contributed by atoms with Gasteiger partial charge in [0.1, 0.15) is 0 Å². The smallest absolute Gasteiger partial charge is 0.0727 e. The second-order valence-corrected chi connectivity index (χ2v) is 1.79. The summed E-state index contributed by atoms with van der Waals surface area (Å²) in [5.74, 6) is 0. The molecule has 0 aromatic rings. The molecule has 1 nitrogen and oxygen atoms in total. The van der Waals surface area contributed by atoms with E-state index in [1.807, 2.05) is 27.7 Å². The van der Waals surface area contributed by atoms with Crippen LogP contribution in [0.5, 0.6) is 0 Å². The molecule has 0 fully saturated rings. The molecule has 68 valence electrons. The first kappa shape index (κ1) is 13.3. The van der Waals surface area contributed by atoms with Crippen molar-refractivity contribution in [1.82, 2.24) is 0 Å². The molecule has 0 aromatic heterocycles. The molecule has 1 rings (SSSR count). The number of hydrogen-bond acceptors (Lipinski definition) is 1. The van der Waals surface area contributed by atoms with Gasteiger partial charge in [-0.1, -0.05) is 39.8 Å². The molecule has 1 unspecified atom stereocenters. The van der Waals surface area contributed by atoms with Crippen LogP contribution >= 0.6 is 0 Å². The van der Waals surface area contributed by atoms with E-state index in [2.05, 4.69) is 19.1 Å². The van der Waals surface area contributed by atoms with Crippen LogP contribution in [0.15, 0.2) is 12.2 Å². The van der Waals surface area contributed by atoms with E-state index in [9.17, 15) is 0 Å². The van der Waals surface area contributed by atoms with Crippen molar-refractivity contribution in [1.29, 1.82) is 0 Å². The molecule has 0 aliphatic carbocycles. The molecule has 1 heterocycles.